The first kappa shape index (κ1) is 28.0. The lowest BCUT2D eigenvalue weighted by Gasteiger charge is -2.57. The summed E-state index contributed by atoms with van der Waals surface area (Å²) >= 11 is 0. The number of piperidine rings is 2. The fraction of sp³-hybridized carbons (Fsp3) is 0.412. The zero-order chi connectivity index (χ0) is 30.7. The fourth-order valence-electron chi connectivity index (χ4n) is 7.53. The van der Waals surface area contributed by atoms with E-state index in [1.165, 1.54) is 0 Å². The molecule has 11 nitrogen and oxygen atoms in total. The summed E-state index contributed by atoms with van der Waals surface area (Å²) in [4.78, 5) is 24.8. The molecule has 9 rings (SSSR count). The number of aliphatic hydroxyl groups is 1. The molecule has 0 radical (unpaired) electrons. The molecule has 45 heavy (non-hydrogen) atoms. The average Bonchev–Trinajstić information content (AvgIpc) is 3.34. The number of hydrogen-bond donors (Lipinski definition) is 1. The van der Waals surface area contributed by atoms with Crippen molar-refractivity contribution >= 4 is 17.2 Å². The van der Waals surface area contributed by atoms with Crippen LogP contribution in [-0.4, -0.2) is 99.5 Å². The van der Waals surface area contributed by atoms with E-state index >= 15 is 0 Å². The van der Waals surface area contributed by atoms with E-state index in [2.05, 4.69) is 21.0 Å². The number of benzene rings is 1. The molecular weight excluding hydrogens is 570 g/mol. The highest BCUT2D eigenvalue weighted by molar-refractivity contribution is 5.86. The first-order valence-electron chi connectivity index (χ1n) is 15.5. The molecule has 230 valence electrons. The molecule has 1 aliphatic carbocycles. The summed E-state index contributed by atoms with van der Waals surface area (Å²) in [5.41, 5.74) is 3.26. The highest BCUT2D eigenvalue weighted by Crippen LogP contribution is 2.49. The second kappa shape index (κ2) is 10.8. The van der Waals surface area contributed by atoms with Crippen molar-refractivity contribution in [2.24, 2.45) is 5.92 Å². The number of nitrogens with zero attached hydrogens (tertiary/aromatic N) is 7. The van der Waals surface area contributed by atoms with Crippen LogP contribution in [0.25, 0.3) is 16.6 Å². The van der Waals surface area contributed by atoms with Crippen LogP contribution in [0.1, 0.15) is 30.1 Å². The van der Waals surface area contributed by atoms with Crippen molar-refractivity contribution in [3.05, 3.63) is 78.2 Å². The number of carbonyl (C=O) groups is 1. The van der Waals surface area contributed by atoms with E-state index in [-0.39, 0.29) is 18.0 Å². The summed E-state index contributed by atoms with van der Waals surface area (Å²) in [6, 6.07) is 18.1. The van der Waals surface area contributed by atoms with Crippen LogP contribution in [0.4, 0.5) is 5.82 Å². The van der Waals surface area contributed by atoms with Gasteiger partial charge in [0.2, 0.25) is 0 Å². The minimum Gasteiger partial charge on any atom is -0.491 e. The summed E-state index contributed by atoms with van der Waals surface area (Å²) in [7, 11) is 1.59. The van der Waals surface area contributed by atoms with Crippen molar-refractivity contribution < 1.29 is 19.4 Å². The van der Waals surface area contributed by atoms with Gasteiger partial charge in [0.05, 0.1) is 41.2 Å². The molecule has 5 fully saturated rings. The molecule has 7 heterocycles. The normalized spacial score (nSPS) is 25.8. The smallest absolute Gasteiger partial charge is 0.256 e. The monoisotopic (exact) mass is 605 g/mol. The summed E-state index contributed by atoms with van der Waals surface area (Å²) in [5, 5.41) is 24.5. The molecular formula is C34H35N7O4. The molecule has 0 spiro atoms. The van der Waals surface area contributed by atoms with Gasteiger partial charge in [-0.3, -0.25) is 9.69 Å². The first-order valence-corrected chi connectivity index (χ1v) is 15.5. The maximum atomic E-state index is 13.5. The molecule has 2 bridgehead atoms. The van der Waals surface area contributed by atoms with E-state index in [0.29, 0.717) is 49.0 Å². The Morgan fingerprint density at radius 2 is 1.98 bits per heavy atom. The van der Waals surface area contributed by atoms with Crippen LogP contribution in [0, 0.1) is 17.2 Å². The number of carbonyl (C=O) groups excluding carboxylic acids is 1. The number of rotatable bonds is 9. The first-order chi connectivity index (χ1) is 21.9. The molecule has 1 aromatic carbocycles. The maximum Gasteiger partial charge on any atom is 0.256 e. The van der Waals surface area contributed by atoms with Gasteiger partial charge >= 0.3 is 0 Å². The van der Waals surface area contributed by atoms with Gasteiger partial charge in [0, 0.05) is 63.1 Å². The van der Waals surface area contributed by atoms with Crippen molar-refractivity contribution in [1.82, 2.24) is 24.4 Å². The number of likely N-dealkylation sites (tertiary alicyclic amines) is 1. The lowest BCUT2D eigenvalue weighted by atomic mass is 9.86. The van der Waals surface area contributed by atoms with Gasteiger partial charge in [-0.2, -0.15) is 10.4 Å². The van der Waals surface area contributed by atoms with Crippen LogP contribution in [0.15, 0.2) is 67.1 Å². The van der Waals surface area contributed by atoms with E-state index in [9.17, 15) is 15.2 Å². The Bertz CT molecular complexity index is 1780. The number of piperazine rings is 1. The van der Waals surface area contributed by atoms with Crippen LogP contribution in [0.5, 0.6) is 5.75 Å². The van der Waals surface area contributed by atoms with E-state index in [0.717, 1.165) is 48.4 Å². The van der Waals surface area contributed by atoms with Crippen molar-refractivity contribution in [1.29, 1.82) is 5.26 Å². The third-order valence-corrected chi connectivity index (χ3v) is 9.95. The van der Waals surface area contributed by atoms with Gasteiger partial charge in [0.15, 0.2) is 6.10 Å². The van der Waals surface area contributed by atoms with Crippen molar-refractivity contribution in [2.75, 3.05) is 51.3 Å². The van der Waals surface area contributed by atoms with Gasteiger partial charge in [-0.15, -0.1) is 0 Å². The number of ether oxygens (including phenoxy) is 2. The summed E-state index contributed by atoms with van der Waals surface area (Å²) in [6.45, 7) is 4.28. The maximum absolute atomic E-state index is 13.5. The predicted octanol–water partition coefficient (Wildman–Crippen LogP) is 2.89. The van der Waals surface area contributed by atoms with Gasteiger partial charge in [0.1, 0.15) is 24.2 Å². The van der Waals surface area contributed by atoms with Gasteiger partial charge in [-0.05, 0) is 36.6 Å². The molecule has 11 heteroatoms. The number of methoxy groups -OCH3 is 1. The Hall–Kier alpha value is -4.50. The average molecular weight is 606 g/mol. The van der Waals surface area contributed by atoms with Crippen LogP contribution in [-0.2, 0) is 9.53 Å². The summed E-state index contributed by atoms with van der Waals surface area (Å²) < 4.78 is 13.5. The number of amides is 1. The number of β-amino-alcohol motifs (C(OH)–C–C–N with tert-alkyl or cyclic N) is 1. The molecule has 4 unspecified atom stereocenters. The Morgan fingerprint density at radius 3 is 2.67 bits per heavy atom. The highest BCUT2D eigenvalue weighted by Gasteiger charge is 2.58. The number of nitriles is 1. The van der Waals surface area contributed by atoms with Gasteiger partial charge < -0.3 is 24.4 Å². The molecule has 5 atom stereocenters. The van der Waals surface area contributed by atoms with E-state index in [4.69, 9.17) is 14.5 Å². The molecule has 1 saturated carbocycles. The van der Waals surface area contributed by atoms with Gasteiger partial charge in [0.25, 0.3) is 5.91 Å². The topological polar surface area (TPSA) is 119 Å². The molecule has 4 aliphatic heterocycles. The summed E-state index contributed by atoms with van der Waals surface area (Å²) in [6.07, 6.45) is 6.50. The molecule has 3 aromatic heterocycles. The van der Waals surface area contributed by atoms with Crippen LogP contribution in [0.3, 0.4) is 0 Å². The summed E-state index contributed by atoms with van der Waals surface area (Å²) in [5.74, 6) is 1.93. The molecule has 4 saturated heterocycles. The largest absolute Gasteiger partial charge is 0.491 e. The number of aromatic nitrogens is 3. The van der Waals surface area contributed by atoms with Crippen LogP contribution in [0.2, 0.25) is 0 Å². The minimum atomic E-state index is -0.600. The molecule has 4 aromatic rings. The van der Waals surface area contributed by atoms with Crippen molar-refractivity contribution in [3.63, 3.8) is 0 Å². The van der Waals surface area contributed by atoms with Crippen molar-refractivity contribution in [2.45, 2.75) is 36.6 Å². The standard InChI is InChI=1S/C34H35N7O4/c1-44-32(22-5-3-2-4-6-22)33(42)41-26-11-27(41)19-39(18-26)30-8-7-23(15-36-30)29-12-28(20-40-31(29)24(14-35)16-37-40)45-10-9-38-17-25-13-34(25,43)21-38/h2-8,12,15-16,20,25-27,32,43H,9-11,13,17-19,21H2,1H3/t25?,26?,27?,32-,34?/m1/s1. The van der Waals surface area contributed by atoms with Gasteiger partial charge in [-0.25, -0.2) is 9.50 Å². The molecule has 1 N–H and O–H groups in total. The fourth-order valence-corrected chi connectivity index (χ4v) is 7.53. The minimum absolute atomic E-state index is 0.0162. The van der Waals surface area contributed by atoms with Gasteiger partial charge in [-0.1, -0.05) is 30.3 Å². The van der Waals surface area contributed by atoms with Crippen LogP contribution < -0.4 is 9.64 Å². The third-order valence-electron chi connectivity index (χ3n) is 9.95. The number of pyridine rings is 2. The third kappa shape index (κ3) is 4.90. The van der Waals surface area contributed by atoms with Crippen molar-refractivity contribution in [3.8, 4) is 22.9 Å². The highest BCUT2D eigenvalue weighted by atomic mass is 16.5. The second-order valence-electron chi connectivity index (χ2n) is 12.8. The van der Waals surface area contributed by atoms with E-state index in [1.807, 2.05) is 59.6 Å². The number of hydrogen-bond acceptors (Lipinski definition) is 9. The molecule has 1 amide bonds. The zero-order valence-corrected chi connectivity index (χ0v) is 25.1. The second-order valence-corrected chi connectivity index (χ2v) is 12.8. The Balaban J connectivity index is 0.968. The van der Waals surface area contributed by atoms with E-state index < -0.39 is 11.7 Å². The zero-order valence-electron chi connectivity index (χ0n) is 25.1. The Morgan fingerprint density at radius 1 is 1.16 bits per heavy atom. The number of anilines is 1. The Kier molecular flexibility index (Phi) is 6.75. The lowest BCUT2D eigenvalue weighted by molar-refractivity contribution is -0.157. The SMILES string of the molecule is CO[C@@H](C(=O)N1C2CC1CN(c1ccc(-c3cc(OCCN4CC5CC5(O)C4)cn4ncc(C#N)c34)cn1)C2)c1ccccc1. The molecule has 5 aliphatic rings. The lowest BCUT2D eigenvalue weighted by Crippen LogP contribution is -2.71. The van der Waals surface area contributed by atoms with Crippen LogP contribution >= 0.6 is 0 Å². The van der Waals surface area contributed by atoms with E-state index in [1.54, 1.807) is 24.0 Å². The quantitative estimate of drug-likeness (QED) is 0.307. The predicted molar refractivity (Wildman–Crippen MR) is 166 cm³/mol. The Labute approximate surface area is 261 Å². The number of fused-ring (bicyclic) bond motifs is 4.